The maximum atomic E-state index is 13.4. The smallest absolute Gasteiger partial charge is 0.244 e. The fourth-order valence-corrected chi connectivity index (χ4v) is 4.66. The molecular formula is C22H27BrClN3O4S. The van der Waals surface area contributed by atoms with Gasteiger partial charge in [-0.05, 0) is 50.6 Å². The molecule has 0 aliphatic rings. The quantitative estimate of drug-likeness (QED) is 0.520. The Labute approximate surface area is 202 Å². The molecule has 1 N–H and O–H groups in total. The third-order valence-electron chi connectivity index (χ3n) is 4.64. The molecule has 0 fully saturated rings. The van der Waals surface area contributed by atoms with E-state index in [2.05, 4.69) is 21.2 Å². The van der Waals surface area contributed by atoms with Crippen LogP contribution >= 0.6 is 27.5 Å². The lowest BCUT2D eigenvalue weighted by molar-refractivity contribution is -0.139. The Kier molecular flexibility index (Phi) is 9.12. The van der Waals surface area contributed by atoms with Crippen molar-refractivity contribution in [3.63, 3.8) is 0 Å². The fraction of sp³-hybridized carbons (Fsp3) is 0.364. The molecule has 7 nitrogen and oxygen atoms in total. The van der Waals surface area contributed by atoms with E-state index in [0.29, 0.717) is 0 Å². The monoisotopic (exact) mass is 543 g/mol. The van der Waals surface area contributed by atoms with Gasteiger partial charge in [0.1, 0.15) is 12.6 Å². The van der Waals surface area contributed by atoms with E-state index in [9.17, 15) is 18.0 Å². The molecule has 0 bridgehead atoms. The Morgan fingerprint density at radius 3 is 2.31 bits per heavy atom. The van der Waals surface area contributed by atoms with Crippen molar-refractivity contribution < 1.29 is 18.0 Å². The predicted octanol–water partition coefficient (Wildman–Crippen LogP) is 3.81. The number of amides is 2. The molecule has 2 aromatic rings. The maximum Gasteiger partial charge on any atom is 0.244 e. The van der Waals surface area contributed by atoms with Crippen molar-refractivity contribution in [3.05, 3.63) is 63.6 Å². The highest BCUT2D eigenvalue weighted by Crippen LogP contribution is 2.27. The first kappa shape index (κ1) is 26.2. The molecule has 174 valence electrons. The molecule has 2 rings (SSSR count). The zero-order valence-electron chi connectivity index (χ0n) is 18.4. The molecular weight excluding hydrogens is 518 g/mol. The summed E-state index contributed by atoms with van der Waals surface area (Å²) < 4.78 is 26.8. The number of sulfonamides is 1. The van der Waals surface area contributed by atoms with Gasteiger partial charge in [-0.2, -0.15) is 0 Å². The minimum Gasteiger partial charge on any atom is -0.352 e. The van der Waals surface area contributed by atoms with Gasteiger partial charge in [0.05, 0.1) is 17.0 Å². The van der Waals surface area contributed by atoms with E-state index in [0.717, 1.165) is 20.6 Å². The molecule has 2 aromatic carbocycles. The number of para-hydroxylation sites is 1. The molecule has 0 spiro atoms. The third-order valence-corrected chi connectivity index (χ3v) is 6.58. The minimum atomic E-state index is -3.82. The van der Waals surface area contributed by atoms with E-state index in [-0.39, 0.29) is 29.2 Å². The number of nitrogens with one attached hydrogen (secondary N) is 1. The van der Waals surface area contributed by atoms with Crippen LogP contribution in [0.1, 0.15) is 26.3 Å². The van der Waals surface area contributed by atoms with Crippen LogP contribution in [0.15, 0.2) is 53.0 Å². The number of rotatable bonds is 9. The third kappa shape index (κ3) is 7.21. The van der Waals surface area contributed by atoms with Gasteiger partial charge in [-0.15, -0.1) is 0 Å². The van der Waals surface area contributed by atoms with Crippen LogP contribution in [0.2, 0.25) is 5.02 Å². The van der Waals surface area contributed by atoms with Crippen LogP contribution in [0.3, 0.4) is 0 Å². The van der Waals surface area contributed by atoms with Gasteiger partial charge in [-0.3, -0.25) is 13.9 Å². The van der Waals surface area contributed by atoms with Gasteiger partial charge in [0.15, 0.2) is 0 Å². The lowest BCUT2D eigenvalue weighted by atomic mass is 10.1. The lowest BCUT2D eigenvalue weighted by Gasteiger charge is -2.32. The Balaban J connectivity index is 2.40. The van der Waals surface area contributed by atoms with Crippen LogP contribution in [0.4, 0.5) is 5.69 Å². The van der Waals surface area contributed by atoms with Gasteiger partial charge in [0.2, 0.25) is 21.8 Å². The number of hydrogen-bond acceptors (Lipinski definition) is 4. The molecule has 2 amide bonds. The van der Waals surface area contributed by atoms with Gasteiger partial charge >= 0.3 is 0 Å². The molecule has 10 heteroatoms. The number of carbonyl (C=O) groups is 2. The van der Waals surface area contributed by atoms with Crippen molar-refractivity contribution in [2.45, 2.75) is 39.4 Å². The van der Waals surface area contributed by atoms with Crippen LogP contribution < -0.4 is 9.62 Å². The normalized spacial score (nSPS) is 12.3. The number of halogens is 2. The van der Waals surface area contributed by atoms with Gasteiger partial charge in [-0.1, -0.05) is 51.8 Å². The van der Waals surface area contributed by atoms with Crippen LogP contribution in [-0.4, -0.2) is 50.0 Å². The summed E-state index contributed by atoms with van der Waals surface area (Å²) in [6.45, 7) is 4.91. The van der Waals surface area contributed by atoms with Crippen LogP contribution in [0.5, 0.6) is 0 Å². The van der Waals surface area contributed by atoms with E-state index in [1.807, 2.05) is 38.1 Å². The summed E-state index contributed by atoms with van der Waals surface area (Å²) in [7, 11) is -3.82. The van der Waals surface area contributed by atoms with Crippen LogP contribution in [-0.2, 0) is 26.2 Å². The summed E-state index contributed by atoms with van der Waals surface area (Å²) in [5, 5.41) is 3.01. The molecule has 0 aromatic heterocycles. The molecule has 0 aliphatic heterocycles. The summed E-state index contributed by atoms with van der Waals surface area (Å²) in [6.07, 6.45) is 1.01. The summed E-state index contributed by atoms with van der Waals surface area (Å²) in [5.41, 5.74) is 0.993. The van der Waals surface area contributed by atoms with Gasteiger partial charge in [-0.25, -0.2) is 8.42 Å². The van der Waals surface area contributed by atoms with E-state index in [4.69, 9.17) is 11.6 Å². The predicted molar refractivity (Wildman–Crippen MR) is 131 cm³/mol. The first-order valence-electron chi connectivity index (χ1n) is 9.96. The highest BCUT2D eigenvalue weighted by atomic mass is 79.9. The van der Waals surface area contributed by atoms with Crippen molar-refractivity contribution in [1.82, 2.24) is 10.2 Å². The SMILES string of the molecule is CC(C)NC(=O)[C@@H](C)N(Cc1cccc(Br)c1)C(=O)CN(c1ccccc1Cl)S(C)(=O)=O. The number of hydrogen-bond donors (Lipinski definition) is 1. The minimum absolute atomic E-state index is 0.108. The largest absolute Gasteiger partial charge is 0.352 e. The maximum absolute atomic E-state index is 13.4. The topological polar surface area (TPSA) is 86.8 Å². The summed E-state index contributed by atoms with van der Waals surface area (Å²) >= 11 is 9.61. The second-order valence-electron chi connectivity index (χ2n) is 7.71. The Bertz CT molecular complexity index is 1080. The van der Waals surface area contributed by atoms with Crippen molar-refractivity contribution >= 4 is 55.1 Å². The fourth-order valence-electron chi connectivity index (χ4n) is 3.07. The molecule has 0 aliphatic carbocycles. The second kappa shape index (κ2) is 11.2. The molecule has 0 radical (unpaired) electrons. The van der Waals surface area contributed by atoms with E-state index in [1.165, 1.54) is 11.0 Å². The van der Waals surface area contributed by atoms with E-state index in [1.54, 1.807) is 25.1 Å². The summed E-state index contributed by atoms with van der Waals surface area (Å²) in [6, 6.07) is 12.8. The van der Waals surface area contributed by atoms with Gasteiger partial charge in [0.25, 0.3) is 0 Å². The Hall–Kier alpha value is -2.10. The highest BCUT2D eigenvalue weighted by Gasteiger charge is 2.30. The molecule has 0 unspecified atom stereocenters. The number of benzene rings is 2. The summed E-state index contributed by atoms with van der Waals surface area (Å²) in [4.78, 5) is 27.5. The lowest BCUT2D eigenvalue weighted by Crippen LogP contribution is -2.52. The first-order valence-corrected chi connectivity index (χ1v) is 13.0. The molecule has 1 atom stereocenters. The Morgan fingerprint density at radius 2 is 1.75 bits per heavy atom. The van der Waals surface area contributed by atoms with Crippen LogP contribution in [0.25, 0.3) is 0 Å². The number of anilines is 1. The van der Waals surface area contributed by atoms with Gasteiger partial charge < -0.3 is 10.2 Å². The van der Waals surface area contributed by atoms with Crippen molar-refractivity contribution in [1.29, 1.82) is 0 Å². The van der Waals surface area contributed by atoms with E-state index < -0.39 is 28.5 Å². The highest BCUT2D eigenvalue weighted by molar-refractivity contribution is 9.10. The van der Waals surface area contributed by atoms with Crippen molar-refractivity contribution in [2.24, 2.45) is 0 Å². The molecule has 0 heterocycles. The van der Waals surface area contributed by atoms with Crippen molar-refractivity contribution in [3.8, 4) is 0 Å². The molecule has 32 heavy (non-hydrogen) atoms. The second-order valence-corrected chi connectivity index (χ2v) is 10.9. The molecule has 0 saturated carbocycles. The zero-order chi connectivity index (χ0) is 24.1. The summed E-state index contributed by atoms with van der Waals surface area (Å²) in [5.74, 6) is -0.853. The standard InChI is InChI=1S/C22H27BrClN3O4S/c1-15(2)25-22(29)16(3)26(13-17-8-7-9-18(23)12-17)21(28)14-27(32(4,30)31)20-11-6-5-10-19(20)24/h5-12,15-16H,13-14H2,1-4H3,(H,25,29)/t16-/m1/s1. The zero-order valence-corrected chi connectivity index (χ0v) is 21.5. The first-order chi connectivity index (χ1) is 14.9. The van der Waals surface area contributed by atoms with Gasteiger partial charge in [0, 0.05) is 17.1 Å². The molecule has 0 saturated heterocycles. The Morgan fingerprint density at radius 1 is 1.09 bits per heavy atom. The van der Waals surface area contributed by atoms with E-state index >= 15 is 0 Å². The van der Waals surface area contributed by atoms with Crippen molar-refractivity contribution in [2.75, 3.05) is 17.1 Å². The number of nitrogens with zero attached hydrogens (tertiary/aromatic N) is 2. The average Bonchev–Trinajstić information content (AvgIpc) is 2.69. The number of carbonyl (C=O) groups excluding carboxylic acids is 2. The average molecular weight is 545 g/mol. The van der Waals surface area contributed by atoms with Crippen LogP contribution in [0, 0.1) is 0 Å².